The second-order valence-corrected chi connectivity index (χ2v) is 4.08. The average molecular weight is 244 g/mol. The molecule has 0 unspecified atom stereocenters. The second-order valence-electron chi connectivity index (χ2n) is 2.33. The Hall–Kier alpha value is -0.583. The molecule has 0 spiro atoms. The number of nitro groups is 1. The molecule has 6 nitrogen and oxygen atoms in total. The van der Waals surface area contributed by atoms with E-state index in [4.69, 9.17) is 11.6 Å². The first-order chi connectivity index (χ1) is 6.32. The molecule has 0 saturated heterocycles. The molecule has 0 aliphatic rings. The fourth-order valence-electron chi connectivity index (χ4n) is 0.797. The molecule has 0 heterocycles. The van der Waals surface area contributed by atoms with Crippen LogP contribution in [0, 0.1) is 10.1 Å². The molecule has 1 aromatic carbocycles. The first-order valence-electron chi connectivity index (χ1n) is 3.22. The molecule has 0 radical (unpaired) electrons. The number of rotatable bonds is 2. The quantitative estimate of drug-likeness (QED) is 0.263. The summed E-state index contributed by atoms with van der Waals surface area (Å²) in [6, 6.07) is 2.63. The Labute approximate surface area is 102 Å². The Morgan fingerprint density at radius 3 is 2.27 bits per heavy atom. The molecule has 0 bridgehead atoms. The van der Waals surface area contributed by atoms with Crippen molar-refractivity contribution in [3.05, 3.63) is 33.3 Å². The van der Waals surface area contributed by atoms with E-state index < -0.39 is 25.6 Å². The Morgan fingerprint density at radius 2 is 1.87 bits per heavy atom. The molecule has 76 valence electrons. The topological polar surface area (TPSA) is 100 Å². The van der Waals surface area contributed by atoms with Crippen LogP contribution in [0.15, 0.2) is 23.1 Å². The molecule has 0 N–H and O–H groups in total. The van der Waals surface area contributed by atoms with Gasteiger partial charge < -0.3 is 4.55 Å². The zero-order valence-corrected chi connectivity index (χ0v) is 9.08. The van der Waals surface area contributed by atoms with Gasteiger partial charge in [0.2, 0.25) is 0 Å². The largest absolute Gasteiger partial charge is 1.00 e. The summed E-state index contributed by atoms with van der Waals surface area (Å²) in [5.41, 5.74) is -0.496. The van der Waals surface area contributed by atoms with Crippen molar-refractivity contribution in [2.24, 2.45) is 0 Å². The third-order valence-corrected chi connectivity index (χ3v) is 2.71. The number of benzene rings is 1. The van der Waals surface area contributed by atoms with Crippen LogP contribution in [0.3, 0.4) is 0 Å². The van der Waals surface area contributed by atoms with Crippen molar-refractivity contribution >= 4 is 27.4 Å². The molecule has 0 atom stereocenters. The van der Waals surface area contributed by atoms with E-state index in [1.165, 1.54) is 0 Å². The predicted octanol–water partition coefficient (Wildman–Crippen LogP) is -1.84. The molecule has 0 aliphatic carbocycles. The molecule has 0 saturated carbocycles. The maximum Gasteiger partial charge on any atom is 1.00 e. The van der Waals surface area contributed by atoms with Gasteiger partial charge in [0.1, 0.15) is 10.1 Å². The normalized spacial score (nSPS) is 10.5. The van der Waals surface area contributed by atoms with Crippen LogP contribution < -0.4 is 18.9 Å². The SMILES string of the molecule is O=[N+]([O-])c1ccc(Cl)c(S(=O)(=O)[O-])c1.[Li+]. The van der Waals surface area contributed by atoms with Gasteiger partial charge in [0, 0.05) is 12.1 Å². The molecule has 15 heavy (non-hydrogen) atoms. The summed E-state index contributed by atoms with van der Waals surface area (Å²) in [5, 5.41) is 9.93. The van der Waals surface area contributed by atoms with Crippen molar-refractivity contribution in [2.75, 3.05) is 0 Å². The van der Waals surface area contributed by atoms with Gasteiger partial charge in [-0.15, -0.1) is 0 Å². The number of non-ortho nitro benzene ring substituents is 1. The van der Waals surface area contributed by atoms with E-state index in [-0.39, 0.29) is 23.9 Å². The van der Waals surface area contributed by atoms with Gasteiger partial charge in [0.25, 0.3) is 5.69 Å². The van der Waals surface area contributed by atoms with Crippen LogP contribution in [-0.4, -0.2) is 17.9 Å². The molecule has 0 aromatic heterocycles. The standard InChI is InChI=1S/C6H4ClNO5S.Li/c7-5-2-1-4(8(9)10)3-6(5)14(11,12)13;/h1-3H,(H,11,12,13);/q;+1/p-1. The van der Waals surface area contributed by atoms with Crippen LogP contribution in [0.4, 0.5) is 5.69 Å². The predicted molar refractivity (Wildman–Crippen MR) is 46.1 cm³/mol. The minimum atomic E-state index is -4.78. The van der Waals surface area contributed by atoms with Crippen molar-refractivity contribution in [1.29, 1.82) is 0 Å². The van der Waals surface area contributed by atoms with Crippen molar-refractivity contribution in [3.8, 4) is 0 Å². The van der Waals surface area contributed by atoms with E-state index in [0.29, 0.717) is 6.07 Å². The summed E-state index contributed by atoms with van der Waals surface area (Å²) in [7, 11) is -4.78. The van der Waals surface area contributed by atoms with E-state index in [9.17, 15) is 23.1 Å². The summed E-state index contributed by atoms with van der Waals surface area (Å²) in [4.78, 5) is 8.66. The van der Waals surface area contributed by atoms with Crippen LogP contribution in [0.5, 0.6) is 0 Å². The Kier molecular flexibility index (Phi) is 4.77. The van der Waals surface area contributed by atoms with Gasteiger partial charge in [-0.2, -0.15) is 0 Å². The summed E-state index contributed by atoms with van der Waals surface area (Å²) in [6.45, 7) is 0. The number of hydrogen-bond acceptors (Lipinski definition) is 5. The molecule has 0 amide bonds. The zero-order chi connectivity index (χ0) is 10.9. The number of nitro benzene ring substituents is 1. The van der Waals surface area contributed by atoms with E-state index in [0.717, 1.165) is 12.1 Å². The summed E-state index contributed by atoms with van der Waals surface area (Å²) < 4.78 is 31.7. The molecular formula is C6H3ClLiNO5S. The van der Waals surface area contributed by atoms with Crippen molar-refractivity contribution in [1.82, 2.24) is 0 Å². The molecular weight excluding hydrogens is 241 g/mol. The Bertz CT molecular complexity index is 488. The van der Waals surface area contributed by atoms with Crippen molar-refractivity contribution in [3.63, 3.8) is 0 Å². The maximum atomic E-state index is 10.6. The zero-order valence-electron chi connectivity index (χ0n) is 7.51. The summed E-state index contributed by atoms with van der Waals surface area (Å²) in [5.74, 6) is 0. The first kappa shape index (κ1) is 14.4. The monoisotopic (exact) mass is 243 g/mol. The van der Waals surface area contributed by atoms with E-state index in [1.807, 2.05) is 0 Å². The van der Waals surface area contributed by atoms with Crippen LogP contribution in [0.1, 0.15) is 0 Å². The molecule has 0 fully saturated rings. The third-order valence-electron chi connectivity index (χ3n) is 1.39. The number of halogens is 1. The van der Waals surface area contributed by atoms with Gasteiger partial charge >= 0.3 is 18.9 Å². The van der Waals surface area contributed by atoms with Crippen LogP contribution >= 0.6 is 11.6 Å². The smallest absolute Gasteiger partial charge is 0.744 e. The van der Waals surface area contributed by atoms with Gasteiger partial charge in [-0.1, -0.05) is 11.6 Å². The van der Waals surface area contributed by atoms with Crippen molar-refractivity contribution in [2.45, 2.75) is 4.90 Å². The fraction of sp³-hybridized carbons (Fsp3) is 0. The summed E-state index contributed by atoms with van der Waals surface area (Å²) in [6.07, 6.45) is 0. The van der Waals surface area contributed by atoms with Gasteiger partial charge in [0.15, 0.2) is 0 Å². The maximum absolute atomic E-state index is 10.6. The van der Waals surface area contributed by atoms with E-state index in [1.54, 1.807) is 0 Å². The van der Waals surface area contributed by atoms with Crippen molar-refractivity contribution < 1.29 is 36.8 Å². The van der Waals surface area contributed by atoms with Gasteiger partial charge in [-0.3, -0.25) is 10.1 Å². The van der Waals surface area contributed by atoms with Gasteiger partial charge in [-0.05, 0) is 6.07 Å². The van der Waals surface area contributed by atoms with Gasteiger partial charge in [0.05, 0.1) is 14.8 Å². The average Bonchev–Trinajstić information content (AvgIpc) is 2.02. The van der Waals surface area contributed by atoms with Crippen LogP contribution in [0.25, 0.3) is 0 Å². The molecule has 1 aromatic rings. The van der Waals surface area contributed by atoms with Crippen LogP contribution in [-0.2, 0) is 10.1 Å². The minimum Gasteiger partial charge on any atom is -0.744 e. The molecule has 1 rings (SSSR count). The number of nitrogens with zero attached hydrogens (tertiary/aromatic N) is 1. The molecule has 0 aliphatic heterocycles. The third kappa shape index (κ3) is 3.48. The molecule has 9 heteroatoms. The number of hydrogen-bond donors (Lipinski definition) is 0. The van der Waals surface area contributed by atoms with Gasteiger partial charge in [-0.25, -0.2) is 8.42 Å². The summed E-state index contributed by atoms with van der Waals surface area (Å²) >= 11 is 5.38. The Balaban J connectivity index is 0.00000196. The Morgan fingerprint density at radius 1 is 1.33 bits per heavy atom. The van der Waals surface area contributed by atoms with E-state index >= 15 is 0 Å². The first-order valence-corrected chi connectivity index (χ1v) is 5.01. The van der Waals surface area contributed by atoms with E-state index in [2.05, 4.69) is 0 Å². The van der Waals surface area contributed by atoms with Crippen LogP contribution in [0.2, 0.25) is 5.02 Å². The second kappa shape index (κ2) is 4.96. The minimum absolute atomic E-state index is 0. The fourth-order valence-corrected chi connectivity index (χ4v) is 1.77.